The normalized spacial score (nSPS) is 15.8. The largest absolute Gasteiger partial charge is 0.481 e. The summed E-state index contributed by atoms with van der Waals surface area (Å²) in [6.07, 6.45) is 2.35. The second-order valence-corrected chi connectivity index (χ2v) is 10.2. The third kappa shape index (κ3) is 6.66. The lowest BCUT2D eigenvalue weighted by Gasteiger charge is -2.31. The summed E-state index contributed by atoms with van der Waals surface area (Å²) in [4.78, 5) is 54.7. The number of carboxylic acid groups (broad SMARTS) is 1. The standard InChI is InChI=1S/C30H36N4O5/c1-21(2)34(23-12-4-3-5-13-23)27(35)20-32-17-9-8-14-24(30(32)39)31-29(38)26-19-22-11-6-7-15-25(22)33(26)18-10-16-28(36)37/h3-7,11-13,15,19,21,24H,8-10,14,16-18,20H2,1-2H3,(H,31,38)(H,36,37)/t24-/m1/s1. The van der Waals surface area contributed by atoms with Gasteiger partial charge < -0.3 is 24.8 Å². The van der Waals surface area contributed by atoms with Gasteiger partial charge in [-0.15, -0.1) is 0 Å². The Kier molecular flexibility index (Phi) is 9.01. The number of likely N-dealkylation sites (tertiary alicyclic amines) is 1. The van der Waals surface area contributed by atoms with E-state index in [1.54, 1.807) is 15.9 Å². The van der Waals surface area contributed by atoms with Crippen molar-refractivity contribution < 1.29 is 24.3 Å². The van der Waals surface area contributed by atoms with E-state index in [2.05, 4.69) is 5.32 Å². The lowest BCUT2D eigenvalue weighted by atomic mass is 10.1. The highest BCUT2D eigenvalue weighted by Crippen LogP contribution is 2.22. The fraction of sp³-hybridized carbons (Fsp3) is 0.400. The first-order valence-corrected chi connectivity index (χ1v) is 13.5. The average molecular weight is 533 g/mol. The molecule has 4 rings (SSSR count). The highest BCUT2D eigenvalue weighted by Gasteiger charge is 2.32. The van der Waals surface area contributed by atoms with Gasteiger partial charge in [-0.1, -0.05) is 36.4 Å². The predicted octanol–water partition coefficient (Wildman–Crippen LogP) is 4.06. The quantitative estimate of drug-likeness (QED) is 0.409. The van der Waals surface area contributed by atoms with Gasteiger partial charge in [0.2, 0.25) is 11.8 Å². The van der Waals surface area contributed by atoms with E-state index in [1.807, 2.05) is 73.0 Å². The SMILES string of the molecule is CC(C)N(C(=O)CN1CCCC[C@@H](NC(=O)c2cc3ccccc3n2CCCC(=O)O)C1=O)c1ccccc1. The molecule has 1 aliphatic rings. The summed E-state index contributed by atoms with van der Waals surface area (Å²) in [6, 6.07) is 17.9. The molecule has 0 unspecified atom stereocenters. The van der Waals surface area contributed by atoms with E-state index in [1.165, 1.54) is 0 Å². The number of anilines is 1. The van der Waals surface area contributed by atoms with Gasteiger partial charge in [0.1, 0.15) is 18.3 Å². The van der Waals surface area contributed by atoms with Crippen LogP contribution >= 0.6 is 0 Å². The zero-order valence-electron chi connectivity index (χ0n) is 22.5. The average Bonchev–Trinajstić information content (AvgIpc) is 3.19. The first-order valence-electron chi connectivity index (χ1n) is 13.5. The second-order valence-electron chi connectivity index (χ2n) is 10.2. The summed E-state index contributed by atoms with van der Waals surface area (Å²) in [5.74, 6) is -1.71. The zero-order valence-corrected chi connectivity index (χ0v) is 22.5. The maximum absolute atomic E-state index is 13.5. The fourth-order valence-corrected chi connectivity index (χ4v) is 5.21. The Bertz CT molecular complexity index is 1330. The molecular weight excluding hydrogens is 496 g/mol. The molecule has 1 saturated heterocycles. The van der Waals surface area contributed by atoms with E-state index in [-0.39, 0.29) is 36.7 Å². The summed E-state index contributed by atoms with van der Waals surface area (Å²) in [7, 11) is 0. The molecule has 0 bridgehead atoms. The van der Waals surface area contributed by atoms with Crippen LogP contribution in [0.5, 0.6) is 0 Å². The highest BCUT2D eigenvalue weighted by molar-refractivity contribution is 6.02. The van der Waals surface area contributed by atoms with E-state index in [9.17, 15) is 19.2 Å². The molecule has 0 saturated carbocycles. The van der Waals surface area contributed by atoms with Crippen LogP contribution in [0, 0.1) is 0 Å². The minimum atomic E-state index is -0.889. The van der Waals surface area contributed by atoms with E-state index >= 15 is 0 Å². The van der Waals surface area contributed by atoms with E-state index in [4.69, 9.17) is 5.11 Å². The Labute approximate surface area is 228 Å². The molecule has 0 aliphatic carbocycles. The monoisotopic (exact) mass is 532 g/mol. The summed E-state index contributed by atoms with van der Waals surface area (Å²) in [6.45, 7) is 4.63. The van der Waals surface area contributed by atoms with Crippen LogP contribution in [-0.4, -0.2) is 63.4 Å². The molecule has 0 spiro atoms. The van der Waals surface area contributed by atoms with E-state index in [0.29, 0.717) is 31.6 Å². The van der Waals surface area contributed by atoms with Gasteiger partial charge in [-0.25, -0.2) is 0 Å². The smallest absolute Gasteiger partial charge is 0.303 e. The van der Waals surface area contributed by atoms with Crippen LogP contribution in [0.1, 0.15) is 56.4 Å². The van der Waals surface area contributed by atoms with Gasteiger partial charge in [-0.05, 0) is 63.8 Å². The number of aliphatic carboxylic acids is 1. The molecule has 39 heavy (non-hydrogen) atoms. The van der Waals surface area contributed by atoms with Gasteiger partial charge in [-0.2, -0.15) is 0 Å². The molecule has 2 heterocycles. The van der Waals surface area contributed by atoms with Crippen LogP contribution in [0.15, 0.2) is 60.7 Å². The van der Waals surface area contributed by atoms with Crippen molar-refractivity contribution in [1.82, 2.24) is 14.8 Å². The van der Waals surface area contributed by atoms with Crippen molar-refractivity contribution in [2.24, 2.45) is 0 Å². The Morgan fingerprint density at radius 1 is 1.05 bits per heavy atom. The number of para-hydroxylation sites is 2. The first kappa shape index (κ1) is 27.9. The van der Waals surface area contributed by atoms with Crippen molar-refractivity contribution in [1.29, 1.82) is 0 Å². The van der Waals surface area contributed by atoms with Crippen molar-refractivity contribution >= 4 is 40.3 Å². The molecule has 2 N–H and O–H groups in total. The number of hydrogen-bond acceptors (Lipinski definition) is 4. The molecule has 9 nitrogen and oxygen atoms in total. The molecule has 1 fully saturated rings. The van der Waals surface area contributed by atoms with Gasteiger partial charge in [0.05, 0.1) is 0 Å². The zero-order chi connectivity index (χ0) is 27.9. The molecule has 1 atom stereocenters. The molecule has 0 radical (unpaired) electrons. The van der Waals surface area contributed by atoms with Gasteiger partial charge in [0, 0.05) is 42.1 Å². The number of benzene rings is 2. The Morgan fingerprint density at radius 2 is 1.77 bits per heavy atom. The van der Waals surface area contributed by atoms with Gasteiger partial charge in [-0.3, -0.25) is 19.2 Å². The van der Waals surface area contributed by atoms with E-state index < -0.39 is 12.0 Å². The molecule has 9 heteroatoms. The van der Waals surface area contributed by atoms with Crippen molar-refractivity contribution in [2.45, 2.75) is 64.6 Å². The lowest BCUT2D eigenvalue weighted by Crippen LogP contribution is -2.51. The van der Waals surface area contributed by atoms with Crippen molar-refractivity contribution in [3.05, 3.63) is 66.4 Å². The maximum atomic E-state index is 13.5. The highest BCUT2D eigenvalue weighted by atomic mass is 16.4. The Balaban J connectivity index is 1.50. The molecule has 1 aliphatic heterocycles. The Morgan fingerprint density at radius 3 is 2.49 bits per heavy atom. The van der Waals surface area contributed by atoms with Gasteiger partial charge in [0.25, 0.3) is 5.91 Å². The number of aryl methyl sites for hydroxylation is 1. The topological polar surface area (TPSA) is 112 Å². The number of aromatic nitrogens is 1. The maximum Gasteiger partial charge on any atom is 0.303 e. The number of carbonyl (C=O) groups excluding carboxylic acids is 3. The predicted molar refractivity (Wildman–Crippen MR) is 150 cm³/mol. The molecule has 3 amide bonds. The number of carbonyl (C=O) groups is 4. The third-order valence-corrected chi connectivity index (χ3v) is 7.05. The minimum Gasteiger partial charge on any atom is -0.481 e. The number of amides is 3. The number of carboxylic acids is 1. The second kappa shape index (κ2) is 12.6. The van der Waals surface area contributed by atoms with Crippen molar-refractivity contribution in [2.75, 3.05) is 18.0 Å². The fourth-order valence-electron chi connectivity index (χ4n) is 5.21. The van der Waals surface area contributed by atoms with Gasteiger partial charge >= 0.3 is 5.97 Å². The van der Waals surface area contributed by atoms with Gasteiger partial charge in [0.15, 0.2) is 0 Å². The summed E-state index contributed by atoms with van der Waals surface area (Å²) < 4.78 is 1.82. The lowest BCUT2D eigenvalue weighted by molar-refractivity contribution is -0.137. The number of nitrogens with zero attached hydrogens (tertiary/aromatic N) is 3. The number of fused-ring (bicyclic) bond motifs is 1. The Hall–Kier alpha value is -4.14. The number of hydrogen-bond donors (Lipinski definition) is 2. The molecule has 1 aromatic heterocycles. The minimum absolute atomic E-state index is 0.00591. The number of nitrogens with one attached hydrogen (secondary N) is 1. The summed E-state index contributed by atoms with van der Waals surface area (Å²) >= 11 is 0. The molecule has 3 aromatic rings. The third-order valence-electron chi connectivity index (χ3n) is 7.05. The van der Waals surface area contributed by atoms with Crippen LogP contribution in [0.4, 0.5) is 5.69 Å². The molecule has 2 aromatic carbocycles. The van der Waals surface area contributed by atoms with Crippen LogP contribution in [0.25, 0.3) is 10.9 Å². The van der Waals surface area contributed by atoms with Crippen LogP contribution in [0.3, 0.4) is 0 Å². The van der Waals surface area contributed by atoms with Crippen LogP contribution < -0.4 is 10.2 Å². The summed E-state index contributed by atoms with van der Waals surface area (Å²) in [5, 5.41) is 12.9. The van der Waals surface area contributed by atoms with Crippen LogP contribution in [0.2, 0.25) is 0 Å². The molecule has 206 valence electrons. The summed E-state index contributed by atoms with van der Waals surface area (Å²) in [5.41, 5.74) is 2.00. The number of rotatable bonds is 10. The first-order chi connectivity index (χ1) is 18.8. The van der Waals surface area contributed by atoms with Crippen molar-refractivity contribution in [3.8, 4) is 0 Å². The molecular formula is C30H36N4O5. The van der Waals surface area contributed by atoms with Crippen LogP contribution in [-0.2, 0) is 20.9 Å². The van der Waals surface area contributed by atoms with E-state index in [0.717, 1.165) is 29.4 Å². The van der Waals surface area contributed by atoms with Crippen molar-refractivity contribution in [3.63, 3.8) is 0 Å².